The van der Waals surface area contributed by atoms with Crippen LogP contribution in [-0.4, -0.2) is 26.7 Å². The molecule has 6 nitrogen and oxygen atoms in total. The van der Waals surface area contributed by atoms with Crippen LogP contribution in [0.25, 0.3) is 0 Å². The van der Waals surface area contributed by atoms with Crippen molar-refractivity contribution in [3.8, 4) is 0 Å². The van der Waals surface area contributed by atoms with Crippen molar-refractivity contribution < 1.29 is 13.2 Å². The van der Waals surface area contributed by atoms with Gasteiger partial charge in [-0.1, -0.05) is 37.3 Å². The van der Waals surface area contributed by atoms with E-state index in [0.717, 1.165) is 12.0 Å². The highest BCUT2D eigenvalue weighted by Crippen LogP contribution is 2.32. The van der Waals surface area contributed by atoms with Gasteiger partial charge in [0.15, 0.2) is 0 Å². The molecular formula is C20H23N3O3S. The number of amidine groups is 1. The number of carbonyl (C=O) groups excluding carboxylic acids is 1. The lowest BCUT2D eigenvalue weighted by Crippen LogP contribution is -2.35. The molecule has 1 aliphatic rings. The first-order valence-electron chi connectivity index (χ1n) is 8.92. The van der Waals surface area contributed by atoms with Gasteiger partial charge in [-0.05, 0) is 44.0 Å². The second-order valence-electron chi connectivity index (χ2n) is 6.55. The van der Waals surface area contributed by atoms with E-state index in [1.807, 2.05) is 49.1 Å². The maximum Gasteiger partial charge on any atom is 0.286 e. The van der Waals surface area contributed by atoms with Crippen molar-refractivity contribution in [2.45, 2.75) is 38.1 Å². The smallest absolute Gasteiger partial charge is 0.286 e. The van der Waals surface area contributed by atoms with Gasteiger partial charge in [-0.2, -0.15) is 8.42 Å². The van der Waals surface area contributed by atoms with Gasteiger partial charge in [0.05, 0.1) is 11.7 Å². The van der Waals surface area contributed by atoms with Crippen LogP contribution in [0.1, 0.15) is 49.2 Å². The van der Waals surface area contributed by atoms with E-state index in [2.05, 4.69) is 9.71 Å². The average molecular weight is 385 g/mol. The van der Waals surface area contributed by atoms with Gasteiger partial charge in [0.1, 0.15) is 10.7 Å². The van der Waals surface area contributed by atoms with Crippen molar-refractivity contribution >= 4 is 27.5 Å². The summed E-state index contributed by atoms with van der Waals surface area (Å²) in [6, 6.07) is 14.2. The quantitative estimate of drug-likeness (QED) is 0.854. The molecule has 0 radical (unpaired) electrons. The van der Waals surface area contributed by atoms with Crippen LogP contribution in [0.3, 0.4) is 0 Å². The highest BCUT2D eigenvalue weighted by atomic mass is 32.2. The molecule has 1 N–H and O–H groups in total. The number of sulfonamides is 1. The zero-order valence-electron chi connectivity index (χ0n) is 15.6. The van der Waals surface area contributed by atoms with Crippen molar-refractivity contribution in [2.75, 3.05) is 11.4 Å². The van der Waals surface area contributed by atoms with Gasteiger partial charge in [0.25, 0.3) is 15.9 Å². The van der Waals surface area contributed by atoms with Crippen molar-refractivity contribution in [1.29, 1.82) is 0 Å². The first kappa shape index (κ1) is 19.1. The first-order valence-corrected chi connectivity index (χ1v) is 10.4. The van der Waals surface area contributed by atoms with Gasteiger partial charge in [-0.3, -0.25) is 4.79 Å². The van der Waals surface area contributed by atoms with E-state index in [0.29, 0.717) is 23.6 Å². The maximum absolute atomic E-state index is 12.6. The molecule has 2 aromatic carbocycles. The minimum absolute atomic E-state index is 0.0709. The Balaban J connectivity index is 1.91. The molecule has 0 bridgehead atoms. The largest absolute Gasteiger partial charge is 0.346 e. The molecule has 0 fully saturated rings. The van der Waals surface area contributed by atoms with E-state index in [1.165, 1.54) is 6.07 Å². The number of hydrogen-bond acceptors (Lipinski definition) is 4. The summed E-state index contributed by atoms with van der Waals surface area (Å²) in [7, 11) is -3.81. The normalized spacial score (nSPS) is 16.3. The fourth-order valence-electron chi connectivity index (χ4n) is 3.14. The summed E-state index contributed by atoms with van der Waals surface area (Å²) >= 11 is 0. The van der Waals surface area contributed by atoms with Crippen molar-refractivity contribution in [1.82, 2.24) is 5.32 Å². The number of hydrogen-bond donors (Lipinski definition) is 1. The van der Waals surface area contributed by atoms with Crippen LogP contribution < -0.4 is 10.2 Å². The summed E-state index contributed by atoms with van der Waals surface area (Å²) in [5.41, 5.74) is 1.84. The molecule has 0 aliphatic carbocycles. The number of amides is 1. The Morgan fingerprint density at radius 3 is 2.56 bits per heavy atom. The van der Waals surface area contributed by atoms with Crippen LogP contribution in [0.2, 0.25) is 0 Å². The zero-order valence-corrected chi connectivity index (χ0v) is 16.5. The summed E-state index contributed by atoms with van der Waals surface area (Å²) in [5, 5.41) is 2.91. The molecule has 0 aromatic heterocycles. The van der Waals surface area contributed by atoms with Crippen LogP contribution in [0, 0.1) is 0 Å². The Hall–Kier alpha value is -2.67. The number of benzene rings is 2. The molecule has 3 rings (SSSR count). The Kier molecular flexibility index (Phi) is 5.32. The van der Waals surface area contributed by atoms with E-state index >= 15 is 0 Å². The van der Waals surface area contributed by atoms with Crippen LogP contribution >= 0.6 is 0 Å². The minimum Gasteiger partial charge on any atom is -0.346 e. The summed E-state index contributed by atoms with van der Waals surface area (Å²) in [6.45, 7) is 6.24. The van der Waals surface area contributed by atoms with Crippen LogP contribution in [0.15, 0.2) is 57.8 Å². The molecule has 1 atom stereocenters. The third kappa shape index (κ3) is 3.88. The van der Waals surface area contributed by atoms with Crippen molar-refractivity contribution in [3.63, 3.8) is 0 Å². The van der Waals surface area contributed by atoms with Gasteiger partial charge in [-0.25, -0.2) is 0 Å². The van der Waals surface area contributed by atoms with E-state index < -0.39 is 10.0 Å². The molecule has 142 valence electrons. The Morgan fingerprint density at radius 2 is 1.89 bits per heavy atom. The van der Waals surface area contributed by atoms with E-state index in [-0.39, 0.29) is 16.8 Å². The average Bonchev–Trinajstić information content (AvgIpc) is 2.65. The molecule has 1 aliphatic heterocycles. The monoisotopic (exact) mass is 385 g/mol. The van der Waals surface area contributed by atoms with Gasteiger partial charge in [0, 0.05) is 12.1 Å². The lowest BCUT2D eigenvalue weighted by molar-refractivity contribution is 0.0939. The Morgan fingerprint density at radius 1 is 1.19 bits per heavy atom. The predicted octanol–water partition coefficient (Wildman–Crippen LogP) is 3.51. The van der Waals surface area contributed by atoms with Crippen molar-refractivity contribution in [2.24, 2.45) is 4.40 Å². The minimum atomic E-state index is -3.81. The lowest BCUT2D eigenvalue weighted by atomic mass is 10.1. The third-order valence-corrected chi connectivity index (χ3v) is 5.92. The van der Waals surface area contributed by atoms with Crippen LogP contribution in [0.4, 0.5) is 5.69 Å². The lowest BCUT2D eigenvalue weighted by Gasteiger charge is -2.29. The topological polar surface area (TPSA) is 78.8 Å². The van der Waals surface area contributed by atoms with E-state index in [9.17, 15) is 13.2 Å². The third-order valence-electron chi connectivity index (χ3n) is 4.53. The number of fused-ring (bicyclic) bond motifs is 1. The van der Waals surface area contributed by atoms with Crippen LogP contribution in [-0.2, 0) is 10.0 Å². The molecular weight excluding hydrogens is 362 g/mol. The number of anilines is 1. The number of nitrogens with one attached hydrogen (secondary N) is 1. The molecule has 0 saturated carbocycles. The van der Waals surface area contributed by atoms with Gasteiger partial charge in [0.2, 0.25) is 0 Å². The van der Waals surface area contributed by atoms with Gasteiger partial charge >= 0.3 is 0 Å². The molecule has 0 saturated heterocycles. The number of rotatable bonds is 5. The molecule has 1 amide bonds. The van der Waals surface area contributed by atoms with Gasteiger partial charge < -0.3 is 10.2 Å². The first-order chi connectivity index (χ1) is 12.8. The SMILES string of the molecule is CCCN1C(C)=NS(=O)(=O)c2cc(C(=O)N[C@H](C)c3ccccc3)ccc21. The highest BCUT2D eigenvalue weighted by Gasteiger charge is 2.29. The molecule has 1 heterocycles. The molecule has 0 unspecified atom stereocenters. The standard InChI is InChI=1S/C20H23N3O3S/c1-4-12-23-15(3)22-27(25,26)19-13-17(10-11-18(19)23)20(24)21-14(2)16-8-6-5-7-9-16/h5-11,13-14H,4,12H2,1-3H3,(H,21,24)/t14-/m1/s1. The van der Waals surface area contributed by atoms with E-state index in [4.69, 9.17) is 0 Å². The fourth-order valence-corrected chi connectivity index (χ4v) is 4.41. The second kappa shape index (κ2) is 7.52. The maximum atomic E-state index is 12.6. The second-order valence-corrected chi connectivity index (χ2v) is 8.13. The number of nitrogens with zero attached hydrogens (tertiary/aromatic N) is 2. The summed E-state index contributed by atoms with van der Waals surface area (Å²) in [4.78, 5) is 14.6. The molecule has 27 heavy (non-hydrogen) atoms. The molecule has 7 heteroatoms. The zero-order chi connectivity index (χ0) is 19.6. The summed E-state index contributed by atoms with van der Waals surface area (Å²) in [6.07, 6.45) is 0.850. The van der Waals surface area contributed by atoms with Gasteiger partial charge in [-0.15, -0.1) is 4.40 Å². The van der Waals surface area contributed by atoms with Crippen LogP contribution in [0.5, 0.6) is 0 Å². The fraction of sp³-hybridized carbons (Fsp3) is 0.300. The Bertz CT molecular complexity index is 985. The number of carbonyl (C=O) groups is 1. The molecule has 2 aromatic rings. The molecule has 0 spiro atoms. The predicted molar refractivity (Wildman–Crippen MR) is 107 cm³/mol. The Labute approximate surface area is 160 Å². The summed E-state index contributed by atoms with van der Waals surface area (Å²) < 4.78 is 28.9. The van der Waals surface area contributed by atoms with Crippen molar-refractivity contribution in [3.05, 3.63) is 59.7 Å². The van der Waals surface area contributed by atoms with E-state index in [1.54, 1.807) is 19.1 Å². The highest BCUT2D eigenvalue weighted by molar-refractivity contribution is 7.90. The summed E-state index contributed by atoms with van der Waals surface area (Å²) in [5.74, 6) is 0.122.